The standard InChI is InChI=1S/C88H165NO8/c1-6-8-10-12-14-16-18-20-22-24-26-28-30-32-34-36-38-40-41-42-43-44-45-47-48-50-52-54-56-58-60-62-64-66-68-70-72-74-76-78-85(90)95-82-84(83-96-88(87(92)93)94-81-80-89(3,4)5)97-86(91)79-77-75-73-71-69-67-65-63-61-59-57-55-53-51-49-46-39-37-35-33-31-29-27-25-23-21-19-17-15-13-11-9-7-2/h19,21,24-27,31,33,84,88H,6-18,20,22-23,28-30,32,34-83H2,1-5H3/b21-19-,26-24-,27-25-,33-31-. The van der Waals surface area contributed by atoms with Gasteiger partial charge in [-0.3, -0.25) is 9.59 Å². The molecule has 0 aromatic rings. The van der Waals surface area contributed by atoms with Gasteiger partial charge in [-0.1, -0.05) is 396 Å². The lowest BCUT2D eigenvalue weighted by molar-refractivity contribution is -0.870. The van der Waals surface area contributed by atoms with Crippen molar-refractivity contribution in [3.05, 3.63) is 48.6 Å². The predicted octanol–water partition coefficient (Wildman–Crippen LogP) is 26.3. The van der Waals surface area contributed by atoms with Gasteiger partial charge in [0.2, 0.25) is 0 Å². The van der Waals surface area contributed by atoms with Crippen molar-refractivity contribution in [3.63, 3.8) is 0 Å². The minimum Gasteiger partial charge on any atom is -0.545 e. The van der Waals surface area contributed by atoms with Crippen molar-refractivity contribution in [2.45, 2.75) is 450 Å². The molecule has 0 amide bonds. The second-order valence-electron chi connectivity index (χ2n) is 30.5. The zero-order chi connectivity index (χ0) is 70.4. The molecule has 0 spiro atoms. The maximum atomic E-state index is 13.0. The van der Waals surface area contributed by atoms with Crippen LogP contribution in [0.15, 0.2) is 48.6 Å². The maximum Gasteiger partial charge on any atom is 0.306 e. The van der Waals surface area contributed by atoms with Crippen molar-refractivity contribution in [2.24, 2.45) is 0 Å². The van der Waals surface area contributed by atoms with Crippen LogP contribution in [0.1, 0.15) is 438 Å². The largest absolute Gasteiger partial charge is 0.545 e. The van der Waals surface area contributed by atoms with E-state index in [1.54, 1.807) is 0 Å². The van der Waals surface area contributed by atoms with E-state index >= 15 is 0 Å². The molecule has 0 aliphatic carbocycles. The topological polar surface area (TPSA) is 111 Å². The highest BCUT2D eigenvalue weighted by atomic mass is 16.7. The molecular formula is C88H165NO8. The molecule has 2 atom stereocenters. The monoisotopic (exact) mass is 1360 g/mol. The van der Waals surface area contributed by atoms with Crippen LogP contribution in [0.4, 0.5) is 0 Å². The van der Waals surface area contributed by atoms with Gasteiger partial charge in [-0.2, -0.15) is 0 Å². The lowest BCUT2D eigenvalue weighted by Crippen LogP contribution is -2.44. The zero-order valence-corrected chi connectivity index (χ0v) is 65.5. The lowest BCUT2D eigenvalue weighted by atomic mass is 10.0. The summed E-state index contributed by atoms with van der Waals surface area (Å²) < 4.78 is 22.9. The van der Waals surface area contributed by atoms with Gasteiger partial charge in [0, 0.05) is 12.8 Å². The number of carbonyl (C=O) groups excluding carboxylic acids is 3. The summed E-state index contributed by atoms with van der Waals surface area (Å²) in [5.41, 5.74) is 0. The van der Waals surface area contributed by atoms with E-state index < -0.39 is 24.3 Å². The molecule has 0 fully saturated rings. The number of quaternary nitrogens is 1. The molecule has 0 aliphatic heterocycles. The Morgan fingerprint density at radius 2 is 0.557 bits per heavy atom. The first-order chi connectivity index (χ1) is 47.6. The summed E-state index contributed by atoms with van der Waals surface area (Å²) in [6.45, 7) is 4.81. The molecule has 0 aromatic heterocycles. The van der Waals surface area contributed by atoms with Gasteiger partial charge in [0.25, 0.3) is 0 Å². The van der Waals surface area contributed by atoms with Crippen molar-refractivity contribution < 1.29 is 42.9 Å². The Balaban J connectivity index is 3.93. The highest BCUT2D eigenvalue weighted by Gasteiger charge is 2.22. The van der Waals surface area contributed by atoms with E-state index in [9.17, 15) is 19.5 Å². The van der Waals surface area contributed by atoms with Crippen LogP contribution in [0.2, 0.25) is 0 Å². The van der Waals surface area contributed by atoms with Gasteiger partial charge >= 0.3 is 11.9 Å². The minimum atomic E-state index is -1.62. The Bertz CT molecular complexity index is 1730. The first-order valence-electron chi connectivity index (χ1n) is 42.8. The second-order valence-corrected chi connectivity index (χ2v) is 30.5. The summed E-state index contributed by atoms with van der Waals surface area (Å²) in [5, 5.41) is 11.9. The molecule has 0 N–H and O–H groups in total. The molecule has 9 nitrogen and oxygen atoms in total. The molecule has 0 saturated carbocycles. The van der Waals surface area contributed by atoms with Gasteiger partial charge in [-0.15, -0.1) is 0 Å². The van der Waals surface area contributed by atoms with Crippen LogP contribution in [-0.2, 0) is 33.3 Å². The number of hydrogen-bond acceptors (Lipinski definition) is 8. The van der Waals surface area contributed by atoms with Crippen molar-refractivity contribution in [3.8, 4) is 0 Å². The number of allylic oxidation sites excluding steroid dienone is 8. The number of carboxylic acids is 1. The van der Waals surface area contributed by atoms with Crippen LogP contribution in [0.25, 0.3) is 0 Å². The highest BCUT2D eigenvalue weighted by molar-refractivity contribution is 5.70. The summed E-state index contributed by atoms with van der Waals surface area (Å²) in [6, 6.07) is 0. The van der Waals surface area contributed by atoms with E-state index in [2.05, 4.69) is 62.5 Å². The molecule has 0 rings (SSSR count). The van der Waals surface area contributed by atoms with Gasteiger partial charge in [-0.05, 0) is 77.0 Å². The Morgan fingerprint density at radius 3 is 0.835 bits per heavy atom. The number of esters is 2. The van der Waals surface area contributed by atoms with Gasteiger partial charge in [0.15, 0.2) is 12.4 Å². The van der Waals surface area contributed by atoms with E-state index in [-0.39, 0.29) is 32.2 Å². The molecule has 2 unspecified atom stereocenters. The van der Waals surface area contributed by atoms with Crippen LogP contribution in [0.3, 0.4) is 0 Å². The maximum absolute atomic E-state index is 13.0. The molecule has 97 heavy (non-hydrogen) atoms. The van der Waals surface area contributed by atoms with Crippen molar-refractivity contribution in [2.75, 3.05) is 47.5 Å². The Morgan fingerprint density at radius 1 is 0.309 bits per heavy atom. The number of unbranched alkanes of at least 4 members (excludes halogenated alkanes) is 58. The van der Waals surface area contributed by atoms with E-state index in [1.807, 2.05) is 21.1 Å². The van der Waals surface area contributed by atoms with Crippen molar-refractivity contribution in [1.82, 2.24) is 0 Å². The molecule has 0 radical (unpaired) electrons. The van der Waals surface area contributed by atoms with Crippen LogP contribution in [0, 0.1) is 0 Å². The normalized spacial score (nSPS) is 12.8. The van der Waals surface area contributed by atoms with E-state index in [0.717, 1.165) is 51.4 Å². The number of carboxylic acid groups (broad SMARTS) is 1. The summed E-state index contributed by atoms with van der Waals surface area (Å²) in [7, 11) is 5.95. The van der Waals surface area contributed by atoms with Gasteiger partial charge in [-0.25, -0.2) is 0 Å². The lowest BCUT2D eigenvalue weighted by Gasteiger charge is -2.26. The first kappa shape index (κ1) is 94.2. The zero-order valence-electron chi connectivity index (χ0n) is 65.5. The fourth-order valence-electron chi connectivity index (χ4n) is 13.0. The Labute approximate surface area is 603 Å². The van der Waals surface area contributed by atoms with E-state index in [4.69, 9.17) is 18.9 Å². The van der Waals surface area contributed by atoms with Gasteiger partial charge < -0.3 is 33.3 Å². The molecule has 9 heteroatoms. The Kier molecular flexibility index (Phi) is 76.7. The minimum absolute atomic E-state index is 0.150. The van der Waals surface area contributed by atoms with Crippen LogP contribution in [-0.4, -0.2) is 82.3 Å². The summed E-state index contributed by atoms with van der Waals surface area (Å²) in [4.78, 5) is 37.6. The average molecular weight is 1370 g/mol. The van der Waals surface area contributed by atoms with Crippen LogP contribution < -0.4 is 5.11 Å². The SMILES string of the molecule is CCCCCCC/C=C\C/C=C\C/C=C\CCCCCCCCCCCCCCCCCCCCC(=O)OC(COC(=O)CCCCCCCCCCCCCCCCCCCCCCCCCCCCC/C=C\CCCCCCCCCC)COC(OCC[N+](C)(C)C)C(=O)[O-]. The number of nitrogens with zero attached hydrogens (tertiary/aromatic N) is 1. The molecule has 0 heterocycles. The van der Waals surface area contributed by atoms with Crippen LogP contribution >= 0.6 is 0 Å². The number of aliphatic carboxylic acids is 1. The van der Waals surface area contributed by atoms with E-state index in [1.165, 1.54) is 360 Å². The smallest absolute Gasteiger partial charge is 0.306 e. The molecule has 0 aliphatic rings. The molecular weight excluding hydrogens is 1200 g/mol. The third kappa shape index (κ3) is 80.4. The van der Waals surface area contributed by atoms with Crippen molar-refractivity contribution >= 4 is 17.9 Å². The van der Waals surface area contributed by atoms with E-state index in [0.29, 0.717) is 17.4 Å². The number of ether oxygens (including phenoxy) is 4. The number of rotatable bonds is 81. The molecule has 570 valence electrons. The second kappa shape index (κ2) is 79.0. The van der Waals surface area contributed by atoms with Crippen molar-refractivity contribution in [1.29, 1.82) is 0 Å². The fourth-order valence-corrected chi connectivity index (χ4v) is 13.0. The summed E-state index contributed by atoms with van der Waals surface area (Å²) in [5.74, 6) is -2.25. The highest BCUT2D eigenvalue weighted by Crippen LogP contribution is 2.20. The first-order valence-corrected chi connectivity index (χ1v) is 42.8. The molecule has 0 aromatic carbocycles. The third-order valence-corrected chi connectivity index (χ3v) is 19.5. The fraction of sp³-hybridized carbons (Fsp3) is 0.875. The van der Waals surface area contributed by atoms with Gasteiger partial charge in [0.1, 0.15) is 13.2 Å². The third-order valence-electron chi connectivity index (χ3n) is 19.5. The number of carbonyl (C=O) groups is 3. The van der Waals surface area contributed by atoms with Crippen LogP contribution in [0.5, 0.6) is 0 Å². The predicted molar refractivity (Wildman–Crippen MR) is 417 cm³/mol. The number of likely N-dealkylation sites (N-methyl/N-ethyl adjacent to an activating group) is 1. The quantitative estimate of drug-likeness (QED) is 0.0195. The average Bonchev–Trinajstić information content (AvgIpc) is 2.59. The van der Waals surface area contributed by atoms with Gasteiger partial charge in [0.05, 0.1) is 40.3 Å². The number of hydrogen-bond donors (Lipinski definition) is 0. The Hall–Kier alpha value is -2.75. The molecule has 0 bridgehead atoms. The summed E-state index contributed by atoms with van der Waals surface area (Å²) in [6.07, 6.45) is 101. The summed E-state index contributed by atoms with van der Waals surface area (Å²) >= 11 is 0. The molecule has 0 saturated heterocycles.